The molecule has 0 heterocycles. The highest BCUT2D eigenvalue weighted by Crippen LogP contribution is 2.34. The quantitative estimate of drug-likeness (QED) is 0.688. The van der Waals surface area contributed by atoms with Crippen molar-refractivity contribution in [2.24, 2.45) is 0 Å². The highest BCUT2D eigenvalue weighted by Gasteiger charge is 2.16. The molecule has 0 aliphatic heterocycles. The molecule has 0 spiro atoms. The van der Waals surface area contributed by atoms with Gasteiger partial charge in [-0.1, -0.05) is 6.07 Å². The maximum Gasteiger partial charge on any atom is 0.336 e. The van der Waals surface area contributed by atoms with Crippen molar-refractivity contribution in [1.29, 1.82) is 0 Å². The number of benzene rings is 2. The Labute approximate surface area is 115 Å². The minimum absolute atomic E-state index is 0.110. The molecule has 0 unspecified atom stereocenters. The molecule has 0 amide bonds. The van der Waals surface area contributed by atoms with E-state index in [4.69, 9.17) is 9.47 Å². The predicted octanol–water partition coefficient (Wildman–Crippen LogP) is 2.78. The van der Waals surface area contributed by atoms with Crippen molar-refractivity contribution in [2.75, 3.05) is 7.11 Å². The van der Waals surface area contributed by atoms with Gasteiger partial charge in [0, 0.05) is 12.3 Å². The average Bonchev–Trinajstić information content (AvgIpc) is 2.40. The minimum atomic E-state index is -1.06. The molecule has 1 N–H and O–H groups in total. The first-order chi connectivity index (χ1) is 9.43. The molecule has 2 aromatic carbocycles. The van der Waals surface area contributed by atoms with Gasteiger partial charge in [0.1, 0.15) is 11.5 Å². The smallest absolute Gasteiger partial charge is 0.336 e. The number of aryl methyl sites for hydroxylation is 1. The van der Waals surface area contributed by atoms with Crippen LogP contribution < -0.4 is 9.47 Å². The zero-order chi connectivity index (χ0) is 14.9. The summed E-state index contributed by atoms with van der Waals surface area (Å²) < 4.78 is 10.3. The molecule has 104 valence electrons. The average molecular weight is 274 g/mol. The molecular formula is C15H14O5. The van der Waals surface area contributed by atoms with Crippen molar-refractivity contribution in [3.8, 4) is 11.5 Å². The summed E-state index contributed by atoms with van der Waals surface area (Å²) in [4.78, 5) is 22.4. The standard InChI is InChI=1S/C15H14O5/c1-8-11-5-4-10(19-3)6-13(11)14(20-9(2)16)7-12(8)15(17)18/h4-7H,1-3H3,(H,17,18). The number of hydrogen-bond donors (Lipinski definition) is 1. The van der Waals surface area contributed by atoms with Gasteiger partial charge in [0.2, 0.25) is 0 Å². The van der Waals surface area contributed by atoms with Gasteiger partial charge in [-0.15, -0.1) is 0 Å². The van der Waals surface area contributed by atoms with E-state index in [1.807, 2.05) is 0 Å². The summed E-state index contributed by atoms with van der Waals surface area (Å²) in [5.41, 5.74) is 0.727. The summed E-state index contributed by atoms with van der Waals surface area (Å²) in [6.07, 6.45) is 0. The molecule has 0 fully saturated rings. The van der Waals surface area contributed by atoms with Crippen molar-refractivity contribution >= 4 is 22.7 Å². The first-order valence-corrected chi connectivity index (χ1v) is 5.97. The van der Waals surface area contributed by atoms with Gasteiger partial charge in [0.25, 0.3) is 0 Å². The van der Waals surface area contributed by atoms with Crippen LogP contribution in [-0.2, 0) is 4.79 Å². The fourth-order valence-corrected chi connectivity index (χ4v) is 2.10. The Morgan fingerprint density at radius 2 is 1.85 bits per heavy atom. The third-order valence-corrected chi connectivity index (χ3v) is 3.06. The van der Waals surface area contributed by atoms with Gasteiger partial charge in [-0.05, 0) is 36.1 Å². The van der Waals surface area contributed by atoms with Crippen LogP contribution in [0.1, 0.15) is 22.8 Å². The number of esters is 1. The summed E-state index contributed by atoms with van der Waals surface area (Å²) in [5.74, 6) is -0.745. The highest BCUT2D eigenvalue weighted by molar-refractivity contribution is 6.01. The summed E-state index contributed by atoms with van der Waals surface area (Å²) in [6, 6.07) is 6.56. The van der Waals surface area contributed by atoms with Crippen LogP contribution in [0.15, 0.2) is 24.3 Å². The van der Waals surface area contributed by atoms with Crippen molar-refractivity contribution in [1.82, 2.24) is 0 Å². The molecule has 0 saturated heterocycles. The number of rotatable bonds is 3. The number of ether oxygens (including phenoxy) is 2. The van der Waals surface area contributed by atoms with Crippen LogP contribution in [0, 0.1) is 6.92 Å². The van der Waals surface area contributed by atoms with Crippen LogP contribution in [0.5, 0.6) is 11.5 Å². The van der Waals surface area contributed by atoms with Crippen LogP contribution in [0.25, 0.3) is 10.8 Å². The second kappa shape index (κ2) is 5.21. The monoisotopic (exact) mass is 274 g/mol. The van der Waals surface area contributed by atoms with E-state index in [9.17, 15) is 14.7 Å². The number of aromatic carboxylic acids is 1. The van der Waals surface area contributed by atoms with Crippen molar-refractivity contribution in [2.45, 2.75) is 13.8 Å². The van der Waals surface area contributed by atoms with Crippen molar-refractivity contribution < 1.29 is 24.2 Å². The van der Waals surface area contributed by atoms with E-state index < -0.39 is 11.9 Å². The van der Waals surface area contributed by atoms with Gasteiger partial charge in [-0.2, -0.15) is 0 Å². The topological polar surface area (TPSA) is 72.8 Å². The Morgan fingerprint density at radius 1 is 1.15 bits per heavy atom. The SMILES string of the molecule is COc1ccc2c(C)c(C(=O)O)cc(OC(C)=O)c2c1. The van der Waals surface area contributed by atoms with Crippen LogP contribution >= 0.6 is 0 Å². The number of carbonyl (C=O) groups is 2. The van der Waals surface area contributed by atoms with Gasteiger partial charge < -0.3 is 14.6 Å². The number of fused-ring (bicyclic) bond motifs is 1. The molecule has 0 atom stereocenters. The summed E-state index contributed by atoms with van der Waals surface area (Å²) in [5, 5.41) is 10.6. The largest absolute Gasteiger partial charge is 0.497 e. The van der Waals surface area contributed by atoms with Crippen LogP contribution in [0.2, 0.25) is 0 Å². The fraction of sp³-hybridized carbons (Fsp3) is 0.200. The lowest BCUT2D eigenvalue weighted by Gasteiger charge is -2.12. The highest BCUT2D eigenvalue weighted by atomic mass is 16.5. The maximum atomic E-state index is 11.3. The van der Waals surface area contributed by atoms with Crippen molar-refractivity contribution in [3.05, 3.63) is 35.4 Å². The molecule has 5 nitrogen and oxygen atoms in total. The molecule has 0 aliphatic rings. The fourth-order valence-electron chi connectivity index (χ4n) is 2.10. The number of carbonyl (C=O) groups excluding carboxylic acids is 1. The van der Waals surface area contributed by atoms with Gasteiger partial charge in [0.05, 0.1) is 12.7 Å². The van der Waals surface area contributed by atoms with E-state index in [2.05, 4.69) is 0 Å². The zero-order valence-electron chi connectivity index (χ0n) is 11.4. The minimum Gasteiger partial charge on any atom is -0.497 e. The molecule has 0 aliphatic carbocycles. The summed E-state index contributed by atoms with van der Waals surface area (Å²) in [6.45, 7) is 2.99. The molecule has 0 bridgehead atoms. The van der Waals surface area contributed by atoms with Crippen LogP contribution in [-0.4, -0.2) is 24.2 Å². The Kier molecular flexibility index (Phi) is 3.61. The second-order valence-corrected chi connectivity index (χ2v) is 4.36. The molecule has 5 heteroatoms. The lowest BCUT2D eigenvalue weighted by Crippen LogP contribution is -2.06. The Morgan fingerprint density at radius 3 is 2.40 bits per heavy atom. The van der Waals surface area contributed by atoms with Gasteiger partial charge in [-0.25, -0.2) is 4.79 Å². The molecule has 20 heavy (non-hydrogen) atoms. The normalized spacial score (nSPS) is 10.3. The van der Waals surface area contributed by atoms with E-state index in [-0.39, 0.29) is 11.3 Å². The number of carboxylic acid groups (broad SMARTS) is 1. The molecule has 0 aromatic heterocycles. The predicted molar refractivity (Wildman–Crippen MR) is 73.5 cm³/mol. The first-order valence-electron chi connectivity index (χ1n) is 5.97. The first kappa shape index (κ1) is 13.9. The Hall–Kier alpha value is -2.56. The lowest BCUT2D eigenvalue weighted by atomic mass is 9.99. The summed E-state index contributed by atoms with van der Waals surface area (Å²) in [7, 11) is 1.53. The summed E-state index contributed by atoms with van der Waals surface area (Å²) >= 11 is 0. The number of hydrogen-bond acceptors (Lipinski definition) is 4. The third-order valence-electron chi connectivity index (χ3n) is 3.06. The third kappa shape index (κ3) is 2.42. The van der Waals surface area contributed by atoms with E-state index in [1.54, 1.807) is 25.1 Å². The van der Waals surface area contributed by atoms with E-state index >= 15 is 0 Å². The molecule has 0 radical (unpaired) electrons. The lowest BCUT2D eigenvalue weighted by molar-refractivity contribution is -0.131. The Balaban J connectivity index is 2.81. The number of methoxy groups -OCH3 is 1. The van der Waals surface area contributed by atoms with E-state index in [0.29, 0.717) is 22.1 Å². The number of carboxylic acids is 1. The van der Waals surface area contributed by atoms with Gasteiger partial charge in [-0.3, -0.25) is 4.79 Å². The molecule has 2 rings (SSSR count). The van der Waals surface area contributed by atoms with Gasteiger partial charge >= 0.3 is 11.9 Å². The molecule has 0 saturated carbocycles. The molecule has 2 aromatic rings. The van der Waals surface area contributed by atoms with Crippen LogP contribution in [0.4, 0.5) is 0 Å². The zero-order valence-corrected chi connectivity index (χ0v) is 11.4. The van der Waals surface area contributed by atoms with Crippen LogP contribution in [0.3, 0.4) is 0 Å². The molecular weight excluding hydrogens is 260 g/mol. The van der Waals surface area contributed by atoms with E-state index in [0.717, 1.165) is 0 Å². The maximum absolute atomic E-state index is 11.3. The Bertz CT molecular complexity index is 703. The van der Waals surface area contributed by atoms with Crippen molar-refractivity contribution in [3.63, 3.8) is 0 Å². The van der Waals surface area contributed by atoms with E-state index in [1.165, 1.54) is 20.1 Å². The second-order valence-electron chi connectivity index (χ2n) is 4.36. The van der Waals surface area contributed by atoms with Gasteiger partial charge in [0.15, 0.2) is 0 Å².